The maximum Gasteiger partial charge on any atom is 0.451 e. The summed E-state index contributed by atoms with van der Waals surface area (Å²) in [5, 5.41) is 3.41. The van der Waals surface area contributed by atoms with Crippen molar-refractivity contribution in [1.29, 1.82) is 0 Å². The van der Waals surface area contributed by atoms with Crippen LogP contribution in [0.25, 0.3) is 5.65 Å². The summed E-state index contributed by atoms with van der Waals surface area (Å²) in [5.41, 5.74) is -0.173. The van der Waals surface area contributed by atoms with Crippen LogP contribution in [0.4, 0.5) is 13.2 Å². The largest absolute Gasteiger partial charge is 0.451 e. The first kappa shape index (κ1) is 17.5. The number of pyridine rings is 1. The Kier molecular flexibility index (Phi) is 4.34. The molecule has 0 atom stereocenters. The zero-order valence-corrected chi connectivity index (χ0v) is 14.0. The van der Waals surface area contributed by atoms with E-state index in [0.29, 0.717) is 29.1 Å². The van der Waals surface area contributed by atoms with Crippen molar-refractivity contribution in [3.8, 4) is 0 Å². The number of piperidine rings is 1. The van der Waals surface area contributed by atoms with E-state index in [1.807, 2.05) is 0 Å². The number of carbonyl (C=O) groups excluding carboxylic acids is 1. The predicted molar refractivity (Wildman–Crippen MR) is 84.2 cm³/mol. The van der Waals surface area contributed by atoms with E-state index in [2.05, 4.69) is 12.0 Å². The molecule has 3 heterocycles. The zero-order valence-electron chi connectivity index (χ0n) is 14.0. The van der Waals surface area contributed by atoms with Crippen LogP contribution in [0, 0.1) is 12.8 Å². The first-order valence-corrected chi connectivity index (χ1v) is 8.12. The molecular weight excluding hydrogens is 337 g/mol. The Balaban J connectivity index is 2.02. The van der Waals surface area contributed by atoms with Crippen LogP contribution >= 0.6 is 0 Å². The molecule has 1 aliphatic rings. The summed E-state index contributed by atoms with van der Waals surface area (Å²) in [7, 11) is 0. The van der Waals surface area contributed by atoms with Crippen molar-refractivity contribution in [2.45, 2.75) is 39.4 Å². The molecule has 9 heteroatoms. The lowest BCUT2D eigenvalue weighted by Gasteiger charge is -2.30. The number of amides is 1. The van der Waals surface area contributed by atoms with Crippen LogP contribution in [0.3, 0.4) is 0 Å². The molecule has 0 unspecified atom stereocenters. The lowest BCUT2D eigenvalue weighted by Crippen LogP contribution is -2.40. The molecule has 2 aromatic rings. The third-order valence-corrected chi connectivity index (χ3v) is 4.54. The smallest absolute Gasteiger partial charge is 0.341 e. The van der Waals surface area contributed by atoms with E-state index in [0.717, 1.165) is 17.4 Å². The average Bonchev–Trinajstić information content (AvgIpc) is 2.87. The van der Waals surface area contributed by atoms with Gasteiger partial charge in [-0.2, -0.15) is 17.7 Å². The number of rotatable bonds is 2. The number of halogens is 3. The Hall–Kier alpha value is -2.32. The number of likely N-dealkylation sites (tertiary alicyclic amines) is 1. The average molecular weight is 356 g/mol. The van der Waals surface area contributed by atoms with Gasteiger partial charge < -0.3 is 4.90 Å². The summed E-state index contributed by atoms with van der Waals surface area (Å²) in [5.74, 6) is -1.13. The third-order valence-electron chi connectivity index (χ3n) is 4.54. The number of alkyl halides is 3. The van der Waals surface area contributed by atoms with Gasteiger partial charge in [-0.3, -0.25) is 14.2 Å². The molecule has 0 aliphatic carbocycles. The number of aromatic nitrogens is 3. The molecular formula is C16H19F3N4O2. The van der Waals surface area contributed by atoms with Crippen molar-refractivity contribution >= 4 is 11.6 Å². The van der Waals surface area contributed by atoms with Crippen LogP contribution in [0.15, 0.2) is 16.9 Å². The fourth-order valence-electron chi connectivity index (χ4n) is 3.08. The number of fused-ring (bicyclic) bond motifs is 1. The number of nitrogens with zero attached hydrogens (tertiary/aromatic N) is 4. The molecule has 1 saturated heterocycles. The van der Waals surface area contributed by atoms with E-state index in [4.69, 9.17) is 0 Å². The number of hydrogen-bond donors (Lipinski definition) is 0. The minimum absolute atomic E-state index is 0.0314. The van der Waals surface area contributed by atoms with Crippen LogP contribution in [0.5, 0.6) is 0 Å². The highest BCUT2D eigenvalue weighted by Gasteiger charge is 2.39. The van der Waals surface area contributed by atoms with E-state index >= 15 is 0 Å². The summed E-state index contributed by atoms with van der Waals surface area (Å²) < 4.78 is 41.5. The molecule has 0 N–H and O–H groups in total. The maximum absolute atomic E-state index is 13.3. The number of aryl methyl sites for hydroxylation is 1. The molecule has 1 fully saturated rings. The maximum atomic E-state index is 13.3. The Labute approximate surface area is 141 Å². The molecule has 0 saturated carbocycles. The van der Waals surface area contributed by atoms with Gasteiger partial charge in [-0.1, -0.05) is 6.92 Å². The zero-order chi connectivity index (χ0) is 18.4. The van der Waals surface area contributed by atoms with Gasteiger partial charge in [0.1, 0.15) is 12.2 Å². The lowest BCUT2D eigenvalue weighted by molar-refractivity contribution is -0.148. The van der Waals surface area contributed by atoms with Gasteiger partial charge in [-0.05, 0) is 37.3 Å². The van der Waals surface area contributed by atoms with Gasteiger partial charge in [0.05, 0.1) is 0 Å². The second-order valence-electron chi connectivity index (χ2n) is 6.61. The minimum Gasteiger partial charge on any atom is -0.341 e. The molecule has 2 aromatic heterocycles. The first-order chi connectivity index (χ1) is 11.7. The van der Waals surface area contributed by atoms with Crippen molar-refractivity contribution in [2.75, 3.05) is 13.1 Å². The van der Waals surface area contributed by atoms with Gasteiger partial charge in [-0.15, -0.1) is 5.10 Å². The summed E-state index contributed by atoms with van der Waals surface area (Å²) >= 11 is 0. The SMILES string of the molecule is Cc1cc(=O)n2nc(C(F)(F)F)n(CC(=O)N3CCC(C)CC3)c2c1. The summed E-state index contributed by atoms with van der Waals surface area (Å²) in [6, 6.07) is 2.63. The van der Waals surface area contributed by atoms with Crippen LogP contribution < -0.4 is 5.56 Å². The van der Waals surface area contributed by atoms with E-state index in [1.165, 1.54) is 12.1 Å². The number of carbonyl (C=O) groups is 1. The van der Waals surface area contributed by atoms with Crippen molar-refractivity contribution in [1.82, 2.24) is 19.1 Å². The summed E-state index contributed by atoms with van der Waals surface area (Å²) in [6.07, 6.45) is -3.09. The molecule has 3 rings (SSSR count). The fourth-order valence-corrected chi connectivity index (χ4v) is 3.08. The summed E-state index contributed by atoms with van der Waals surface area (Å²) in [4.78, 5) is 26.0. The predicted octanol–water partition coefficient (Wildman–Crippen LogP) is 2.08. The highest BCUT2D eigenvalue weighted by Crippen LogP contribution is 2.29. The second-order valence-corrected chi connectivity index (χ2v) is 6.61. The second kappa shape index (κ2) is 6.20. The highest BCUT2D eigenvalue weighted by atomic mass is 19.4. The fraction of sp³-hybridized carbons (Fsp3) is 0.562. The molecule has 25 heavy (non-hydrogen) atoms. The minimum atomic E-state index is -4.76. The van der Waals surface area contributed by atoms with Crippen molar-refractivity contribution in [3.05, 3.63) is 33.9 Å². The van der Waals surface area contributed by atoms with Crippen LogP contribution in [-0.4, -0.2) is 38.1 Å². The molecule has 0 bridgehead atoms. The van der Waals surface area contributed by atoms with Crippen molar-refractivity contribution < 1.29 is 18.0 Å². The highest BCUT2D eigenvalue weighted by molar-refractivity contribution is 5.77. The monoisotopic (exact) mass is 356 g/mol. The molecule has 0 aromatic carbocycles. The quantitative estimate of drug-likeness (QED) is 0.828. The van der Waals surface area contributed by atoms with E-state index in [1.54, 1.807) is 11.8 Å². The van der Waals surface area contributed by atoms with Crippen LogP contribution in [0.1, 0.15) is 31.2 Å². The van der Waals surface area contributed by atoms with Crippen LogP contribution in [-0.2, 0) is 17.5 Å². The Morgan fingerprint density at radius 3 is 2.52 bits per heavy atom. The standard InChI is InChI=1S/C16H19F3N4O2/c1-10-3-5-21(6-4-10)14(25)9-22-12-7-11(2)8-13(24)23(12)20-15(22)16(17,18)19/h7-8,10H,3-6,9H2,1-2H3. The molecule has 0 spiro atoms. The van der Waals surface area contributed by atoms with Gasteiger partial charge >= 0.3 is 6.18 Å². The molecule has 6 nitrogen and oxygen atoms in total. The van der Waals surface area contributed by atoms with Gasteiger partial charge in [0, 0.05) is 19.2 Å². The van der Waals surface area contributed by atoms with Gasteiger partial charge in [0.25, 0.3) is 5.56 Å². The van der Waals surface area contributed by atoms with E-state index < -0.39 is 30.0 Å². The molecule has 0 radical (unpaired) electrons. The Bertz CT molecular complexity index is 861. The van der Waals surface area contributed by atoms with Crippen molar-refractivity contribution in [3.63, 3.8) is 0 Å². The van der Waals surface area contributed by atoms with Crippen LogP contribution in [0.2, 0.25) is 0 Å². The Morgan fingerprint density at radius 2 is 1.92 bits per heavy atom. The van der Waals surface area contributed by atoms with Gasteiger partial charge in [0.15, 0.2) is 0 Å². The first-order valence-electron chi connectivity index (χ1n) is 8.12. The normalized spacial score (nSPS) is 16.6. The van der Waals surface area contributed by atoms with Gasteiger partial charge in [0.2, 0.25) is 11.7 Å². The summed E-state index contributed by atoms with van der Waals surface area (Å²) in [6.45, 7) is 4.28. The van der Waals surface area contributed by atoms with Gasteiger partial charge in [-0.25, -0.2) is 0 Å². The number of hydrogen-bond acceptors (Lipinski definition) is 3. The molecule has 1 aliphatic heterocycles. The van der Waals surface area contributed by atoms with E-state index in [9.17, 15) is 22.8 Å². The third kappa shape index (κ3) is 3.40. The molecule has 136 valence electrons. The van der Waals surface area contributed by atoms with Crippen molar-refractivity contribution in [2.24, 2.45) is 5.92 Å². The Morgan fingerprint density at radius 1 is 1.28 bits per heavy atom. The van der Waals surface area contributed by atoms with E-state index in [-0.39, 0.29) is 5.65 Å². The lowest BCUT2D eigenvalue weighted by atomic mass is 9.99. The molecule has 1 amide bonds. The topological polar surface area (TPSA) is 59.6 Å².